The van der Waals surface area contributed by atoms with Gasteiger partial charge in [0.2, 0.25) is 5.91 Å². The van der Waals surface area contributed by atoms with Crippen molar-refractivity contribution in [3.63, 3.8) is 0 Å². The summed E-state index contributed by atoms with van der Waals surface area (Å²) >= 11 is 1.54. The second-order valence-electron chi connectivity index (χ2n) is 10.0. The summed E-state index contributed by atoms with van der Waals surface area (Å²) < 4.78 is 11.2. The Balaban J connectivity index is 1.65. The van der Waals surface area contributed by atoms with E-state index in [2.05, 4.69) is 32.2 Å². The molecule has 1 heterocycles. The molecule has 0 saturated heterocycles. The SMILES string of the molecule is CCOC(=O)c1c(NC(=O)CCCOc2cc(C)ccc2C)sc2c1CCC(C(C)(C)C)C2. The van der Waals surface area contributed by atoms with Crippen LogP contribution in [0.25, 0.3) is 0 Å². The van der Waals surface area contributed by atoms with Gasteiger partial charge in [0.25, 0.3) is 0 Å². The minimum absolute atomic E-state index is 0.101. The smallest absolute Gasteiger partial charge is 0.341 e. The molecule has 3 rings (SSSR count). The van der Waals surface area contributed by atoms with Gasteiger partial charge in [0.05, 0.1) is 18.8 Å². The number of thiophene rings is 1. The number of ether oxygens (including phenoxy) is 2. The van der Waals surface area contributed by atoms with Crippen LogP contribution in [-0.2, 0) is 22.4 Å². The van der Waals surface area contributed by atoms with Gasteiger partial charge in [-0.15, -0.1) is 11.3 Å². The number of nitrogens with one attached hydrogen (secondary N) is 1. The second-order valence-corrected chi connectivity index (χ2v) is 11.1. The lowest BCUT2D eigenvalue weighted by Gasteiger charge is -2.33. The number of anilines is 1. The summed E-state index contributed by atoms with van der Waals surface area (Å²) in [7, 11) is 0. The topological polar surface area (TPSA) is 64.6 Å². The van der Waals surface area contributed by atoms with E-state index in [1.165, 1.54) is 16.2 Å². The van der Waals surface area contributed by atoms with E-state index in [0.29, 0.717) is 42.5 Å². The average Bonchev–Trinajstić information content (AvgIpc) is 3.10. The van der Waals surface area contributed by atoms with Crippen LogP contribution in [0.3, 0.4) is 0 Å². The Kier molecular flexibility index (Phi) is 8.22. The summed E-state index contributed by atoms with van der Waals surface area (Å²) in [6.07, 6.45) is 3.77. The van der Waals surface area contributed by atoms with Gasteiger partial charge in [0.15, 0.2) is 0 Å². The Bertz CT molecular complexity index is 1000. The lowest BCUT2D eigenvalue weighted by Crippen LogP contribution is -2.26. The van der Waals surface area contributed by atoms with Gasteiger partial charge >= 0.3 is 5.97 Å². The monoisotopic (exact) mass is 471 g/mol. The Hall–Kier alpha value is -2.34. The molecule has 6 heteroatoms. The number of hydrogen-bond acceptors (Lipinski definition) is 5. The van der Waals surface area contributed by atoms with Crippen LogP contribution < -0.4 is 10.1 Å². The summed E-state index contributed by atoms with van der Waals surface area (Å²) in [5, 5.41) is 3.64. The number of esters is 1. The molecule has 180 valence electrons. The molecule has 1 aliphatic carbocycles. The van der Waals surface area contributed by atoms with Crippen LogP contribution >= 0.6 is 11.3 Å². The first-order valence-corrected chi connectivity index (χ1v) is 12.7. The minimum atomic E-state index is -0.335. The average molecular weight is 472 g/mol. The van der Waals surface area contributed by atoms with Crippen molar-refractivity contribution >= 4 is 28.2 Å². The molecule has 1 atom stereocenters. The van der Waals surface area contributed by atoms with E-state index >= 15 is 0 Å². The second kappa shape index (κ2) is 10.7. The molecular formula is C27H37NO4S. The van der Waals surface area contributed by atoms with E-state index in [0.717, 1.165) is 41.7 Å². The zero-order valence-electron chi connectivity index (χ0n) is 20.8. The predicted octanol–water partition coefficient (Wildman–Crippen LogP) is 6.49. The first kappa shape index (κ1) is 25.3. The van der Waals surface area contributed by atoms with Crippen LogP contribution in [0.2, 0.25) is 0 Å². The standard InChI is InChI=1S/C27H37NO4S/c1-7-31-26(30)24-20-13-12-19(27(4,5)6)16-22(20)33-25(24)28-23(29)9-8-14-32-21-15-17(2)10-11-18(21)3/h10-11,15,19H,7-9,12-14,16H2,1-6H3,(H,28,29). The van der Waals surface area contributed by atoms with Crippen LogP contribution in [0.15, 0.2) is 18.2 Å². The van der Waals surface area contributed by atoms with Crippen molar-refractivity contribution in [2.24, 2.45) is 11.3 Å². The van der Waals surface area contributed by atoms with Crippen LogP contribution in [0.4, 0.5) is 5.00 Å². The van der Waals surface area contributed by atoms with Gasteiger partial charge in [-0.25, -0.2) is 4.79 Å². The first-order chi connectivity index (χ1) is 15.6. The molecule has 1 N–H and O–H groups in total. The number of aryl methyl sites for hydroxylation is 2. The van der Waals surface area contributed by atoms with Crippen molar-refractivity contribution in [1.29, 1.82) is 0 Å². The van der Waals surface area contributed by atoms with Crippen molar-refractivity contribution in [3.8, 4) is 5.75 Å². The molecule has 5 nitrogen and oxygen atoms in total. The number of carbonyl (C=O) groups excluding carboxylic acids is 2. The zero-order chi connectivity index (χ0) is 24.2. The first-order valence-electron chi connectivity index (χ1n) is 11.9. The van der Waals surface area contributed by atoms with E-state index in [1.54, 1.807) is 6.92 Å². The Morgan fingerprint density at radius 2 is 1.97 bits per heavy atom. The van der Waals surface area contributed by atoms with Gasteiger partial charge < -0.3 is 14.8 Å². The number of fused-ring (bicyclic) bond motifs is 1. The van der Waals surface area contributed by atoms with E-state index in [-0.39, 0.29) is 17.3 Å². The molecule has 2 aromatic rings. The van der Waals surface area contributed by atoms with E-state index in [9.17, 15) is 9.59 Å². The molecule has 0 saturated carbocycles. The number of hydrogen-bond donors (Lipinski definition) is 1. The lowest BCUT2D eigenvalue weighted by molar-refractivity contribution is -0.116. The molecule has 1 amide bonds. The van der Waals surface area contributed by atoms with E-state index < -0.39 is 0 Å². The highest BCUT2D eigenvalue weighted by Gasteiger charge is 2.34. The largest absolute Gasteiger partial charge is 0.493 e. The quantitative estimate of drug-likeness (QED) is 0.353. The molecule has 33 heavy (non-hydrogen) atoms. The molecule has 0 bridgehead atoms. The summed E-state index contributed by atoms with van der Waals surface area (Å²) in [5.41, 5.74) is 4.07. The fourth-order valence-corrected chi connectivity index (χ4v) is 5.63. The minimum Gasteiger partial charge on any atom is -0.493 e. The van der Waals surface area contributed by atoms with Crippen molar-refractivity contribution in [2.75, 3.05) is 18.5 Å². The molecule has 1 aromatic heterocycles. The summed E-state index contributed by atoms with van der Waals surface area (Å²) in [4.78, 5) is 26.7. The van der Waals surface area contributed by atoms with Crippen molar-refractivity contribution in [2.45, 2.75) is 73.6 Å². The molecule has 0 radical (unpaired) electrons. The molecule has 0 spiro atoms. The van der Waals surface area contributed by atoms with Gasteiger partial charge in [0.1, 0.15) is 10.8 Å². The summed E-state index contributed by atoms with van der Waals surface area (Å²) in [5.74, 6) is 0.984. The highest BCUT2D eigenvalue weighted by atomic mass is 32.1. The fraction of sp³-hybridized carbons (Fsp3) is 0.556. The normalized spacial score (nSPS) is 15.6. The highest BCUT2D eigenvalue weighted by Crippen LogP contribution is 2.44. The van der Waals surface area contributed by atoms with Gasteiger partial charge in [0, 0.05) is 11.3 Å². The van der Waals surface area contributed by atoms with Crippen LogP contribution in [-0.4, -0.2) is 25.1 Å². The number of benzene rings is 1. The van der Waals surface area contributed by atoms with E-state index in [1.807, 2.05) is 26.0 Å². The Morgan fingerprint density at radius 1 is 1.21 bits per heavy atom. The highest BCUT2D eigenvalue weighted by molar-refractivity contribution is 7.17. The van der Waals surface area contributed by atoms with Crippen molar-refractivity contribution in [3.05, 3.63) is 45.3 Å². The zero-order valence-corrected chi connectivity index (χ0v) is 21.6. The van der Waals surface area contributed by atoms with Gasteiger partial charge in [-0.2, -0.15) is 0 Å². The van der Waals surface area contributed by atoms with Gasteiger partial charge in [-0.3, -0.25) is 4.79 Å². The summed E-state index contributed by atoms with van der Waals surface area (Å²) in [6.45, 7) is 13.4. The third kappa shape index (κ3) is 6.38. The maximum Gasteiger partial charge on any atom is 0.341 e. The Labute approximate surface area is 201 Å². The third-order valence-electron chi connectivity index (χ3n) is 6.37. The molecule has 1 aliphatic rings. The van der Waals surface area contributed by atoms with Crippen LogP contribution in [0, 0.1) is 25.2 Å². The lowest BCUT2D eigenvalue weighted by atomic mass is 9.72. The summed E-state index contributed by atoms with van der Waals surface area (Å²) in [6, 6.07) is 6.11. The van der Waals surface area contributed by atoms with Crippen molar-refractivity contribution < 1.29 is 19.1 Å². The van der Waals surface area contributed by atoms with Gasteiger partial charge in [-0.05, 0) is 80.5 Å². The molecule has 1 aromatic carbocycles. The number of amides is 1. The number of carbonyl (C=O) groups is 2. The Morgan fingerprint density at radius 3 is 2.67 bits per heavy atom. The third-order valence-corrected chi connectivity index (χ3v) is 7.54. The molecule has 1 unspecified atom stereocenters. The van der Waals surface area contributed by atoms with E-state index in [4.69, 9.17) is 9.47 Å². The number of rotatable bonds is 8. The molecule has 0 fully saturated rings. The molecule has 0 aliphatic heterocycles. The fourth-order valence-electron chi connectivity index (χ4n) is 4.30. The molecular weight excluding hydrogens is 434 g/mol. The predicted molar refractivity (Wildman–Crippen MR) is 135 cm³/mol. The van der Waals surface area contributed by atoms with Crippen LogP contribution in [0.1, 0.15) is 78.9 Å². The maximum absolute atomic E-state index is 12.7. The van der Waals surface area contributed by atoms with Gasteiger partial charge in [-0.1, -0.05) is 32.9 Å². The van der Waals surface area contributed by atoms with Crippen molar-refractivity contribution in [1.82, 2.24) is 0 Å². The maximum atomic E-state index is 12.7. The van der Waals surface area contributed by atoms with Crippen LogP contribution in [0.5, 0.6) is 5.75 Å².